The maximum absolute atomic E-state index is 12.4. The van der Waals surface area contributed by atoms with Crippen molar-refractivity contribution < 1.29 is 19.1 Å². The van der Waals surface area contributed by atoms with Crippen molar-refractivity contribution in [3.63, 3.8) is 0 Å². The maximum Gasteiger partial charge on any atom is 0.310 e. The molecule has 1 aliphatic rings. The average Bonchev–Trinajstić information content (AvgIpc) is 2.69. The number of anilines is 1. The molecule has 0 aliphatic carbocycles. The Balaban J connectivity index is 1.87. The van der Waals surface area contributed by atoms with Crippen LogP contribution in [0, 0.1) is 5.92 Å². The fourth-order valence-electron chi connectivity index (χ4n) is 3.44. The summed E-state index contributed by atoms with van der Waals surface area (Å²) < 4.78 is 5.10. The first-order valence-corrected chi connectivity index (χ1v) is 10.1. The number of esters is 1. The van der Waals surface area contributed by atoms with Crippen LogP contribution in [0.5, 0.6) is 0 Å². The van der Waals surface area contributed by atoms with Crippen molar-refractivity contribution in [1.82, 2.24) is 9.80 Å². The highest BCUT2D eigenvalue weighted by atomic mass is 16.5. The number of rotatable bonds is 8. The largest absolute Gasteiger partial charge is 0.466 e. The molecule has 1 atom stereocenters. The van der Waals surface area contributed by atoms with Gasteiger partial charge in [-0.05, 0) is 64.4 Å². The second-order valence-corrected chi connectivity index (χ2v) is 6.93. The fourth-order valence-corrected chi connectivity index (χ4v) is 3.44. The van der Waals surface area contributed by atoms with Crippen LogP contribution in [0.2, 0.25) is 0 Å². The molecule has 2 rings (SSSR count). The molecule has 0 bridgehead atoms. The zero-order valence-electron chi connectivity index (χ0n) is 17.1. The summed E-state index contributed by atoms with van der Waals surface area (Å²) in [6.07, 6.45) is 1.68. The summed E-state index contributed by atoms with van der Waals surface area (Å²) in [5.74, 6) is -0.485. The molecule has 1 N–H and O–H groups in total. The number of likely N-dealkylation sites (tertiary alicyclic amines) is 1. The molecule has 28 heavy (non-hydrogen) atoms. The van der Waals surface area contributed by atoms with Crippen LogP contribution in [0.3, 0.4) is 0 Å². The van der Waals surface area contributed by atoms with Gasteiger partial charge in [-0.25, -0.2) is 0 Å². The normalized spacial score (nSPS) is 17.0. The lowest BCUT2D eigenvalue weighted by atomic mass is 9.98. The summed E-state index contributed by atoms with van der Waals surface area (Å²) in [7, 11) is 0. The van der Waals surface area contributed by atoms with Crippen LogP contribution in [0.1, 0.15) is 44.0 Å². The van der Waals surface area contributed by atoms with Crippen molar-refractivity contribution >= 4 is 23.5 Å². The van der Waals surface area contributed by atoms with E-state index in [4.69, 9.17) is 4.74 Å². The molecule has 2 amide bonds. The van der Waals surface area contributed by atoms with E-state index < -0.39 is 0 Å². The third-order valence-electron chi connectivity index (χ3n) is 4.96. The molecule has 0 unspecified atom stereocenters. The minimum atomic E-state index is -0.180. The topological polar surface area (TPSA) is 79.0 Å². The van der Waals surface area contributed by atoms with Crippen molar-refractivity contribution in [3.05, 3.63) is 29.8 Å². The first-order valence-electron chi connectivity index (χ1n) is 10.1. The van der Waals surface area contributed by atoms with E-state index in [2.05, 4.69) is 5.32 Å². The molecular weight excluding hydrogens is 358 g/mol. The predicted octanol–water partition coefficient (Wildman–Crippen LogP) is 2.38. The first-order chi connectivity index (χ1) is 13.5. The van der Waals surface area contributed by atoms with Crippen molar-refractivity contribution in [1.29, 1.82) is 0 Å². The molecule has 154 valence electrons. The van der Waals surface area contributed by atoms with E-state index in [1.807, 2.05) is 18.7 Å². The third-order valence-corrected chi connectivity index (χ3v) is 4.96. The first kappa shape index (κ1) is 21.9. The van der Waals surface area contributed by atoms with Gasteiger partial charge in [0.2, 0.25) is 5.91 Å². The summed E-state index contributed by atoms with van der Waals surface area (Å²) in [5.41, 5.74) is 1.26. The SMILES string of the molecule is CCOC(=O)[C@H]1CCCN(CC(=O)Nc2ccc(C(=O)N(CC)CC)cc2)C1. The predicted molar refractivity (Wildman–Crippen MR) is 108 cm³/mol. The number of amides is 2. The summed E-state index contributed by atoms with van der Waals surface area (Å²) >= 11 is 0. The molecule has 1 heterocycles. The highest BCUT2D eigenvalue weighted by molar-refractivity contribution is 5.96. The number of nitrogens with one attached hydrogen (secondary N) is 1. The number of hydrogen-bond donors (Lipinski definition) is 1. The third kappa shape index (κ3) is 6.05. The molecule has 0 saturated carbocycles. The van der Waals surface area contributed by atoms with Gasteiger partial charge in [-0.2, -0.15) is 0 Å². The van der Waals surface area contributed by atoms with Gasteiger partial charge in [0.05, 0.1) is 19.1 Å². The maximum atomic E-state index is 12.4. The van der Waals surface area contributed by atoms with E-state index >= 15 is 0 Å². The zero-order chi connectivity index (χ0) is 20.5. The standard InChI is InChI=1S/C21H31N3O4/c1-4-24(5-2)20(26)16-9-11-18(12-10-16)22-19(25)15-23-13-7-8-17(14-23)21(27)28-6-3/h9-12,17H,4-8,13-15H2,1-3H3,(H,22,25)/t17-/m0/s1. The monoisotopic (exact) mass is 389 g/mol. The summed E-state index contributed by atoms with van der Waals surface area (Å²) in [4.78, 5) is 40.3. The lowest BCUT2D eigenvalue weighted by Crippen LogP contribution is -2.43. The van der Waals surface area contributed by atoms with E-state index in [-0.39, 0.29) is 30.2 Å². The molecular formula is C21H31N3O4. The van der Waals surface area contributed by atoms with Crippen LogP contribution in [0.25, 0.3) is 0 Å². The molecule has 7 heteroatoms. The lowest BCUT2D eigenvalue weighted by molar-refractivity contribution is -0.150. The average molecular weight is 389 g/mol. The van der Waals surface area contributed by atoms with Crippen LogP contribution < -0.4 is 5.32 Å². The quantitative estimate of drug-likeness (QED) is 0.691. The van der Waals surface area contributed by atoms with Gasteiger partial charge in [0.1, 0.15) is 0 Å². The Bertz CT molecular complexity index is 671. The van der Waals surface area contributed by atoms with Gasteiger partial charge in [0.15, 0.2) is 0 Å². The summed E-state index contributed by atoms with van der Waals surface area (Å²) in [5, 5.41) is 2.86. The van der Waals surface area contributed by atoms with Gasteiger partial charge in [0, 0.05) is 30.9 Å². The molecule has 7 nitrogen and oxygen atoms in total. The molecule has 1 aliphatic heterocycles. The lowest BCUT2D eigenvalue weighted by Gasteiger charge is -2.30. The van der Waals surface area contributed by atoms with Gasteiger partial charge in [-0.1, -0.05) is 0 Å². The van der Waals surface area contributed by atoms with E-state index in [0.29, 0.717) is 37.5 Å². The molecule has 0 spiro atoms. The summed E-state index contributed by atoms with van der Waals surface area (Å²) in [6.45, 7) is 8.97. The Kier molecular flexibility index (Phi) is 8.44. The molecule has 1 saturated heterocycles. The zero-order valence-corrected chi connectivity index (χ0v) is 17.1. The number of hydrogen-bond acceptors (Lipinski definition) is 5. The van der Waals surface area contributed by atoms with E-state index in [0.717, 1.165) is 19.4 Å². The van der Waals surface area contributed by atoms with Crippen LogP contribution in [0.15, 0.2) is 24.3 Å². The van der Waals surface area contributed by atoms with Crippen molar-refractivity contribution in [2.45, 2.75) is 33.6 Å². The number of nitrogens with zero attached hydrogens (tertiary/aromatic N) is 2. The number of ether oxygens (including phenoxy) is 1. The van der Waals surface area contributed by atoms with Gasteiger partial charge in [-0.3, -0.25) is 19.3 Å². The molecule has 0 radical (unpaired) electrons. The minimum absolute atomic E-state index is 0.0128. The smallest absolute Gasteiger partial charge is 0.310 e. The highest BCUT2D eigenvalue weighted by Gasteiger charge is 2.27. The number of carbonyl (C=O) groups excluding carboxylic acids is 3. The van der Waals surface area contributed by atoms with Crippen LogP contribution >= 0.6 is 0 Å². The Hall–Kier alpha value is -2.41. The Morgan fingerprint density at radius 3 is 2.43 bits per heavy atom. The Morgan fingerprint density at radius 1 is 1.14 bits per heavy atom. The summed E-state index contributed by atoms with van der Waals surface area (Å²) in [6, 6.07) is 6.94. The van der Waals surface area contributed by atoms with Gasteiger partial charge in [-0.15, -0.1) is 0 Å². The fraction of sp³-hybridized carbons (Fsp3) is 0.571. The second-order valence-electron chi connectivity index (χ2n) is 6.93. The number of piperidine rings is 1. The van der Waals surface area contributed by atoms with Crippen molar-refractivity contribution in [2.75, 3.05) is 44.6 Å². The minimum Gasteiger partial charge on any atom is -0.466 e. The second kappa shape index (κ2) is 10.8. The van der Waals surface area contributed by atoms with Crippen molar-refractivity contribution in [3.8, 4) is 0 Å². The van der Waals surface area contributed by atoms with E-state index in [1.54, 1.807) is 36.1 Å². The molecule has 1 fully saturated rings. The van der Waals surface area contributed by atoms with Gasteiger partial charge in [0.25, 0.3) is 5.91 Å². The number of benzene rings is 1. The molecule has 1 aromatic carbocycles. The van der Waals surface area contributed by atoms with Crippen LogP contribution in [0.4, 0.5) is 5.69 Å². The molecule has 0 aromatic heterocycles. The Labute approximate surface area is 167 Å². The van der Waals surface area contributed by atoms with E-state index in [9.17, 15) is 14.4 Å². The molecule has 1 aromatic rings. The van der Waals surface area contributed by atoms with Gasteiger partial charge < -0.3 is 15.0 Å². The van der Waals surface area contributed by atoms with Crippen LogP contribution in [-0.2, 0) is 14.3 Å². The van der Waals surface area contributed by atoms with Crippen molar-refractivity contribution in [2.24, 2.45) is 5.92 Å². The van der Waals surface area contributed by atoms with Crippen LogP contribution in [-0.4, -0.2) is 66.9 Å². The Morgan fingerprint density at radius 2 is 1.82 bits per heavy atom. The van der Waals surface area contributed by atoms with E-state index in [1.165, 1.54) is 0 Å². The number of carbonyl (C=O) groups is 3. The van der Waals surface area contributed by atoms with Gasteiger partial charge >= 0.3 is 5.97 Å². The highest BCUT2D eigenvalue weighted by Crippen LogP contribution is 2.18.